The number of nitrogens with zero attached hydrogens (tertiary/aromatic N) is 2. The highest BCUT2D eigenvalue weighted by Crippen LogP contribution is 2.59. The molecule has 0 saturated heterocycles. The van der Waals surface area contributed by atoms with Gasteiger partial charge in [0, 0.05) is 23.6 Å². The number of aromatic nitrogens is 1. The highest BCUT2D eigenvalue weighted by Gasteiger charge is 2.63. The van der Waals surface area contributed by atoms with Crippen molar-refractivity contribution in [3.05, 3.63) is 53.5 Å². The van der Waals surface area contributed by atoms with E-state index in [1.54, 1.807) is 25.1 Å². The van der Waals surface area contributed by atoms with E-state index >= 15 is 0 Å². The molecule has 2 aliphatic rings. The third-order valence-electron chi connectivity index (χ3n) is 4.18. The molecule has 1 aliphatic carbocycles. The van der Waals surface area contributed by atoms with Gasteiger partial charge >= 0.3 is 5.97 Å². The van der Waals surface area contributed by atoms with Crippen LogP contribution in [0.5, 0.6) is 17.2 Å². The van der Waals surface area contributed by atoms with E-state index in [-0.39, 0.29) is 29.7 Å². The molecule has 0 bridgehead atoms. The first-order valence-electron chi connectivity index (χ1n) is 7.70. The Morgan fingerprint density at radius 1 is 1.33 bits per heavy atom. The number of carbonyl (C=O) groups is 1. The fourth-order valence-corrected chi connectivity index (χ4v) is 3.08. The lowest BCUT2D eigenvalue weighted by molar-refractivity contribution is -0.145. The number of rotatable bonds is 4. The van der Waals surface area contributed by atoms with E-state index < -0.39 is 0 Å². The van der Waals surface area contributed by atoms with Crippen molar-refractivity contribution in [2.75, 3.05) is 6.61 Å². The molecule has 3 atom stereocenters. The van der Waals surface area contributed by atoms with Gasteiger partial charge in [-0.05, 0) is 25.1 Å². The topological polar surface area (TPSA) is 62.0 Å². The number of pyridine rings is 1. The summed E-state index contributed by atoms with van der Waals surface area (Å²) in [5.41, 5.74) is 0.968. The summed E-state index contributed by atoms with van der Waals surface area (Å²) in [5.74, 6) is 1.86. The second kappa shape index (κ2) is 5.53. The fraction of sp³-hybridized carbons (Fsp3) is 0.278. The van der Waals surface area contributed by atoms with E-state index in [0.29, 0.717) is 18.1 Å². The van der Waals surface area contributed by atoms with Gasteiger partial charge in [-0.3, -0.25) is 4.79 Å². The Morgan fingerprint density at radius 2 is 2.17 bits per heavy atom. The summed E-state index contributed by atoms with van der Waals surface area (Å²) >= 11 is 0. The number of fused-ring (bicyclic) bond motifs is 3. The highest BCUT2D eigenvalue weighted by atomic mass is 16.5. The molecular formula is C18H14N2O4. The van der Waals surface area contributed by atoms with E-state index in [9.17, 15) is 4.79 Å². The summed E-state index contributed by atoms with van der Waals surface area (Å²) in [7, 11) is 0. The lowest BCUT2D eigenvalue weighted by Gasteiger charge is -2.10. The van der Waals surface area contributed by atoms with E-state index in [2.05, 4.69) is 9.83 Å². The van der Waals surface area contributed by atoms with E-state index in [4.69, 9.17) is 20.8 Å². The number of esters is 1. The van der Waals surface area contributed by atoms with Crippen molar-refractivity contribution in [3.63, 3.8) is 0 Å². The van der Waals surface area contributed by atoms with Crippen LogP contribution in [0.3, 0.4) is 0 Å². The summed E-state index contributed by atoms with van der Waals surface area (Å²) < 4.78 is 16.7. The smallest absolute Gasteiger partial charge is 0.313 e. The minimum atomic E-state index is -0.220. The van der Waals surface area contributed by atoms with Crippen LogP contribution in [0.4, 0.5) is 5.82 Å². The van der Waals surface area contributed by atoms with Gasteiger partial charge in [-0.15, -0.1) is 4.98 Å². The normalized spacial score (nSPS) is 22.6. The minimum Gasteiger partial charge on any atom is -0.489 e. The summed E-state index contributed by atoms with van der Waals surface area (Å²) in [6, 6.07) is 8.81. The standard InChI is InChI=1S/C18H14N2O4/c1-3-22-18(21)16-15-12-8-10(4-5-13(12)24-17(15)16)23-11-6-7-20-14(9-11)19-2/h4-9,15-17H,3H2,1H3. The van der Waals surface area contributed by atoms with Gasteiger partial charge in [0.15, 0.2) is 0 Å². The first-order valence-corrected chi connectivity index (χ1v) is 7.70. The molecule has 2 aromatic rings. The average Bonchev–Trinajstić information content (AvgIpc) is 3.19. The van der Waals surface area contributed by atoms with Crippen LogP contribution in [0.2, 0.25) is 0 Å². The zero-order valence-electron chi connectivity index (χ0n) is 12.9. The lowest BCUT2D eigenvalue weighted by Crippen LogP contribution is -2.13. The first-order chi connectivity index (χ1) is 11.7. The summed E-state index contributed by atoms with van der Waals surface area (Å²) in [4.78, 5) is 19.1. The summed E-state index contributed by atoms with van der Waals surface area (Å²) in [5, 5.41) is 0. The number of hydrogen-bond donors (Lipinski definition) is 0. The summed E-state index contributed by atoms with van der Waals surface area (Å²) in [6.45, 7) is 9.16. The first kappa shape index (κ1) is 14.5. The molecule has 0 radical (unpaired) electrons. The third-order valence-corrected chi connectivity index (χ3v) is 4.18. The largest absolute Gasteiger partial charge is 0.489 e. The second-order valence-electron chi connectivity index (χ2n) is 5.65. The van der Waals surface area contributed by atoms with Gasteiger partial charge in [0.05, 0.1) is 6.61 Å². The maximum absolute atomic E-state index is 11.9. The monoisotopic (exact) mass is 322 g/mol. The van der Waals surface area contributed by atoms with Crippen LogP contribution in [-0.4, -0.2) is 23.7 Å². The molecule has 2 heterocycles. The molecule has 1 fully saturated rings. The second-order valence-corrected chi connectivity index (χ2v) is 5.65. The van der Waals surface area contributed by atoms with Crippen molar-refractivity contribution < 1.29 is 19.0 Å². The maximum atomic E-state index is 11.9. The molecule has 0 amide bonds. The predicted molar refractivity (Wildman–Crippen MR) is 84.3 cm³/mol. The molecule has 6 nitrogen and oxygen atoms in total. The Labute approximate surface area is 138 Å². The van der Waals surface area contributed by atoms with Crippen LogP contribution in [-0.2, 0) is 9.53 Å². The van der Waals surface area contributed by atoms with E-state index in [0.717, 1.165) is 11.3 Å². The Morgan fingerprint density at radius 3 is 2.96 bits per heavy atom. The van der Waals surface area contributed by atoms with Gasteiger partial charge in [-0.2, -0.15) is 0 Å². The Bertz CT molecular complexity index is 858. The van der Waals surface area contributed by atoms with Crippen LogP contribution in [0, 0.1) is 12.5 Å². The molecule has 6 heteroatoms. The minimum absolute atomic E-state index is 0.0406. The van der Waals surface area contributed by atoms with Crippen molar-refractivity contribution >= 4 is 11.8 Å². The average molecular weight is 322 g/mol. The van der Waals surface area contributed by atoms with Gasteiger partial charge in [0.1, 0.15) is 35.5 Å². The van der Waals surface area contributed by atoms with Crippen molar-refractivity contribution in [1.29, 1.82) is 0 Å². The Balaban J connectivity index is 1.55. The molecule has 24 heavy (non-hydrogen) atoms. The van der Waals surface area contributed by atoms with Gasteiger partial charge in [-0.25, -0.2) is 0 Å². The van der Waals surface area contributed by atoms with Crippen molar-refractivity contribution in [2.24, 2.45) is 5.92 Å². The lowest BCUT2D eigenvalue weighted by atomic mass is 10.1. The molecule has 0 spiro atoms. The van der Waals surface area contributed by atoms with Crippen molar-refractivity contribution in [2.45, 2.75) is 18.9 Å². The number of hydrogen-bond acceptors (Lipinski definition) is 5. The summed E-state index contributed by atoms with van der Waals surface area (Å²) in [6.07, 6.45) is 1.41. The zero-order chi connectivity index (χ0) is 16.7. The predicted octanol–water partition coefficient (Wildman–Crippen LogP) is 3.46. The van der Waals surface area contributed by atoms with Crippen LogP contribution in [0.1, 0.15) is 18.4 Å². The van der Waals surface area contributed by atoms with E-state index in [1.165, 1.54) is 6.20 Å². The van der Waals surface area contributed by atoms with Gasteiger partial charge in [-0.1, -0.05) is 6.57 Å². The molecule has 3 unspecified atom stereocenters. The SMILES string of the molecule is [C-]#[N+]c1cc(Oc2ccc3c(c2)C2C(O3)C2C(=O)OCC)ccn1. The van der Waals surface area contributed by atoms with Gasteiger partial charge < -0.3 is 19.1 Å². The Kier molecular flexibility index (Phi) is 3.35. The molecule has 1 aliphatic heterocycles. The van der Waals surface area contributed by atoms with Crippen LogP contribution < -0.4 is 9.47 Å². The van der Waals surface area contributed by atoms with Crippen molar-refractivity contribution in [1.82, 2.24) is 4.98 Å². The molecule has 4 rings (SSSR count). The molecule has 1 saturated carbocycles. The van der Waals surface area contributed by atoms with Gasteiger partial charge in [0.25, 0.3) is 5.82 Å². The van der Waals surface area contributed by atoms with Crippen LogP contribution >= 0.6 is 0 Å². The molecular weight excluding hydrogens is 308 g/mol. The third kappa shape index (κ3) is 2.35. The number of benzene rings is 1. The molecule has 1 aromatic carbocycles. The van der Waals surface area contributed by atoms with E-state index in [1.807, 2.05) is 12.1 Å². The molecule has 0 N–H and O–H groups in total. The highest BCUT2D eigenvalue weighted by molar-refractivity contribution is 5.80. The Hall–Kier alpha value is -3.07. The number of ether oxygens (including phenoxy) is 3. The van der Waals surface area contributed by atoms with Gasteiger partial charge in [0.2, 0.25) is 0 Å². The maximum Gasteiger partial charge on any atom is 0.313 e. The molecule has 1 aromatic heterocycles. The molecule has 120 valence electrons. The zero-order valence-corrected chi connectivity index (χ0v) is 12.9. The number of carbonyl (C=O) groups excluding carboxylic acids is 1. The van der Waals surface area contributed by atoms with Crippen molar-refractivity contribution in [3.8, 4) is 17.2 Å². The fourth-order valence-electron chi connectivity index (χ4n) is 3.08. The quantitative estimate of drug-likeness (QED) is 0.637. The van der Waals surface area contributed by atoms with Crippen LogP contribution in [0.15, 0.2) is 36.5 Å². The van der Waals surface area contributed by atoms with Crippen LogP contribution in [0.25, 0.3) is 4.85 Å².